The molecule has 1 fully saturated rings. The first-order chi connectivity index (χ1) is 13.4. The lowest BCUT2D eigenvalue weighted by molar-refractivity contribution is -0.318. The van der Waals surface area contributed by atoms with Gasteiger partial charge in [-0.1, -0.05) is 6.07 Å². The Hall–Kier alpha value is -2.27. The average Bonchev–Trinajstić information content (AvgIpc) is 3.23. The predicted molar refractivity (Wildman–Crippen MR) is 99.1 cm³/mol. The summed E-state index contributed by atoms with van der Waals surface area (Å²) < 4.78 is 16.3. The molecule has 9 heteroatoms. The maximum Gasteiger partial charge on any atom is 0.336 e. The molecule has 4 rings (SSSR count). The Morgan fingerprint density at radius 2 is 1.93 bits per heavy atom. The lowest BCUT2D eigenvalue weighted by Gasteiger charge is -2.47. The number of hydrogen-bond acceptors (Lipinski definition) is 9. The minimum atomic E-state index is -2.09. The van der Waals surface area contributed by atoms with Gasteiger partial charge in [0.25, 0.3) is 0 Å². The van der Waals surface area contributed by atoms with E-state index >= 15 is 0 Å². The second-order valence-corrected chi connectivity index (χ2v) is 7.44. The van der Waals surface area contributed by atoms with Crippen LogP contribution in [0.4, 0.5) is 0 Å². The zero-order valence-electron chi connectivity index (χ0n) is 14.5. The van der Waals surface area contributed by atoms with Gasteiger partial charge in [0.05, 0.1) is 6.61 Å². The third kappa shape index (κ3) is 3.12. The SMILES string of the molecule is O=c1ccc2ccc(O[C@@H]3O[C@H](CO)[C@H](O)[C@@](O)(c4cccs4)[C@H]3O)cc2o1. The molecule has 28 heavy (non-hydrogen) atoms. The number of hydrogen-bond donors (Lipinski definition) is 4. The van der Waals surface area contributed by atoms with Crippen molar-refractivity contribution in [3.63, 3.8) is 0 Å². The Kier molecular flexibility index (Phi) is 4.96. The Labute approximate surface area is 162 Å². The quantitative estimate of drug-likeness (QED) is 0.463. The van der Waals surface area contributed by atoms with E-state index in [0.717, 1.165) is 11.3 Å². The van der Waals surface area contributed by atoms with Crippen molar-refractivity contribution in [1.82, 2.24) is 0 Å². The average molecular weight is 406 g/mol. The van der Waals surface area contributed by atoms with Gasteiger partial charge in [-0.2, -0.15) is 0 Å². The molecule has 0 saturated carbocycles. The third-order valence-corrected chi connectivity index (χ3v) is 5.77. The van der Waals surface area contributed by atoms with E-state index in [0.29, 0.717) is 10.3 Å². The van der Waals surface area contributed by atoms with Crippen LogP contribution in [-0.4, -0.2) is 51.6 Å². The van der Waals surface area contributed by atoms with E-state index in [4.69, 9.17) is 13.9 Å². The highest BCUT2D eigenvalue weighted by Gasteiger charge is 2.57. The fraction of sp³-hybridized carbons (Fsp3) is 0.316. The molecule has 1 aliphatic heterocycles. The monoisotopic (exact) mass is 406 g/mol. The number of aliphatic hydroxyl groups excluding tert-OH is 3. The third-order valence-electron chi connectivity index (χ3n) is 4.76. The molecule has 0 radical (unpaired) electrons. The molecule has 0 aliphatic carbocycles. The summed E-state index contributed by atoms with van der Waals surface area (Å²) in [7, 11) is 0. The minimum Gasteiger partial charge on any atom is -0.462 e. The van der Waals surface area contributed by atoms with Crippen LogP contribution in [0.1, 0.15) is 4.88 Å². The molecular weight excluding hydrogens is 388 g/mol. The van der Waals surface area contributed by atoms with Gasteiger partial charge in [-0.15, -0.1) is 11.3 Å². The molecule has 148 valence electrons. The van der Waals surface area contributed by atoms with Crippen LogP contribution < -0.4 is 10.4 Å². The molecule has 1 aromatic carbocycles. The molecule has 1 aliphatic rings. The lowest BCUT2D eigenvalue weighted by atomic mass is 9.83. The van der Waals surface area contributed by atoms with Crippen LogP contribution in [-0.2, 0) is 10.3 Å². The Balaban J connectivity index is 1.68. The normalized spacial score (nSPS) is 30.4. The molecule has 3 heterocycles. The van der Waals surface area contributed by atoms with E-state index < -0.39 is 42.4 Å². The van der Waals surface area contributed by atoms with Crippen molar-refractivity contribution in [3.8, 4) is 5.75 Å². The molecular formula is C19H18O8S. The summed E-state index contributed by atoms with van der Waals surface area (Å²) in [6, 6.07) is 10.8. The molecule has 4 N–H and O–H groups in total. The van der Waals surface area contributed by atoms with Crippen molar-refractivity contribution in [2.45, 2.75) is 30.2 Å². The van der Waals surface area contributed by atoms with Crippen molar-refractivity contribution < 1.29 is 34.3 Å². The predicted octanol–water partition coefficient (Wildman–Crippen LogP) is 0.560. The molecule has 5 atom stereocenters. The van der Waals surface area contributed by atoms with E-state index in [-0.39, 0.29) is 11.3 Å². The number of rotatable bonds is 4. The Morgan fingerprint density at radius 3 is 2.64 bits per heavy atom. The van der Waals surface area contributed by atoms with Crippen LogP contribution >= 0.6 is 11.3 Å². The maximum absolute atomic E-state index is 11.4. The zero-order valence-corrected chi connectivity index (χ0v) is 15.3. The molecule has 0 unspecified atom stereocenters. The van der Waals surface area contributed by atoms with Gasteiger partial charge in [0.2, 0.25) is 6.29 Å². The lowest BCUT2D eigenvalue weighted by Crippen LogP contribution is -2.66. The molecule has 2 aromatic heterocycles. The van der Waals surface area contributed by atoms with E-state index in [2.05, 4.69) is 0 Å². The van der Waals surface area contributed by atoms with Crippen LogP contribution in [0.3, 0.4) is 0 Å². The number of thiophene rings is 1. The first-order valence-corrected chi connectivity index (χ1v) is 9.41. The highest BCUT2D eigenvalue weighted by atomic mass is 32.1. The summed E-state index contributed by atoms with van der Waals surface area (Å²) in [4.78, 5) is 11.7. The first kappa shape index (κ1) is 19.1. The van der Waals surface area contributed by atoms with Crippen LogP contribution in [0.5, 0.6) is 5.75 Å². The summed E-state index contributed by atoms with van der Waals surface area (Å²) >= 11 is 1.15. The number of ether oxygens (including phenoxy) is 2. The number of benzene rings is 1. The topological polar surface area (TPSA) is 130 Å². The van der Waals surface area contributed by atoms with Crippen LogP contribution in [0.2, 0.25) is 0 Å². The van der Waals surface area contributed by atoms with Gasteiger partial charge in [0.1, 0.15) is 23.5 Å². The summed E-state index contributed by atoms with van der Waals surface area (Å²) in [6.07, 6.45) is -5.79. The zero-order chi connectivity index (χ0) is 19.9. The van der Waals surface area contributed by atoms with Crippen molar-refractivity contribution in [2.24, 2.45) is 0 Å². The van der Waals surface area contributed by atoms with Gasteiger partial charge in [-0.05, 0) is 29.6 Å². The molecule has 1 saturated heterocycles. The molecule has 0 amide bonds. The highest BCUT2D eigenvalue weighted by molar-refractivity contribution is 7.10. The van der Waals surface area contributed by atoms with Crippen molar-refractivity contribution in [2.75, 3.05) is 6.61 Å². The van der Waals surface area contributed by atoms with E-state index in [1.807, 2.05) is 0 Å². The van der Waals surface area contributed by atoms with Gasteiger partial charge in [0, 0.05) is 22.4 Å². The largest absolute Gasteiger partial charge is 0.462 e. The van der Waals surface area contributed by atoms with Crippen molar-refractivity contribution >= 4 is 22.3 Å². The second-order valence-electron chi connectivity index (χ2n) is 6.49. The Bertz CT molecular complexity index is 1020. The van der Waals surface area contributed by atoms with Gasteiger partial charge >= 0.3 is 5.63 Å². The van der Waals surface area contributed by atoms with Gasteiger partial charge in [-0.3, -0.25) is 0 Å². The maximum atomic E-state index is 11.4. The summed E-state index contributed by atoms with van der Waals surface area (Å²) in [5, 5.41) is 44.3. The molecule has 3 aromatic rings. The van der Waals surface area contributed by atoms with E-state index in [9.17, 15) is 25.2 Å². The summed E-state index contributed by atoms with van der Waals surface area (Å²) in [6.45, 7) is -0.589. The smallest absolute Gasteiger partial charge is 0.336 e. The van der Waals surface area contributed by atoms with Crippen molar-refractivity contribution in [1.29, 1.82) is 0 Å². The van der Waals surface area contributed by atoms with Crippen LogP contribution in [0.15, 0.2) is 57.1 Å². The minimum absolute atomic E-state index is 0.215. The molecule has 0 spiro atoms. The fourth-order valence-corrected chi connectivity index (χ4v) is 4.16. The first-order valence-electron chi connectivity index (χ1n) is 8.53. The van der Waals surface area contributed by atoms with Crippen molar-refractivity contribution in [3.05, 3.63) is 63.1 Å². The van der Waals surface area contributed by atoms with E-state index in [1.54, 1.807) is 35.7 Å². The van der Waals surface area contributed by atoms with Crippen LogP contribution in [0, 0.1) is 0 Å². The standard InChI is InChI=1S/C19H18O8S/c20-9-13-16(22)19(24,14-2-1-7-28-14)17(23)18(27-13)25-11-5-3-10-4-6-15(21)26-12(10)8-11/h1-8,13,16-18,20,22-24H,9H2/t13-,16+,17+,18-,19+/m1/s1. The number of fused-ring (bicyclic) bond motifs is 1. The van der Waals surface area contributed by atoms with E-state index in [1.165, 1.54) is 12.1 Å². The van der Waals surface area contributed by atoms with Gasteiger partial charge in [-0.25, -0.2) is 4.79 Å². The van der Waals surface area contributed by atoms with Crippen LogP contribution in [0.25, 0.3) is 11.0 Å². The molecule has 8 nitrogen and oxygen atoms in total. The summed E-state index contributed by atoms with van der Waals surface area (Å²) in [5.41, 5.74) is -2.33. The Morgan fingerprint density at radius 1 is 1.14 bits per heavy atom. The highest BCUT2D eigenvalue weighted by Crippen LogP contribution is 2.40. The number of aliphatic hydroxyl groups is 4. The second kappa shape index (κ2) is 7.28. The fourth-order valence-electron chi connectivity index (χ4n) is 3.27. The summed E-state index contributed by atoms with van der Waals surface area (Å²) in [5.74, 6) is 0.215. The molecule has 0 bridgehead atoms. The van der Waals surface area contributed by atoms with Gasteiger partial charge in [0.15, 0.2) is 11.7 Å². The van der Waals surface area contributed by atoms with Gasteiger partial charge < -0.3 is 34.3 Å².